The van der Waals surface area contributed by atoms with E-state index >= 15 is 0 Å². The number of nitrogens with one attached hydrogen (secondary N) is 1. The second-order valence-corrected chi connectivity index (χ2v) is 5.23. The van der Waals surface area contributed by atoms with Crippen molar-refractivity contribution in [3.8, 4) is 10.6 Å². The molecule has 1 aromatic heterocycles. The zero-order valence-electron chi connectivity index (χ0n) is 10.7. The molecule has 1 N–H and O–H groups in total. The van der Waals surface area contributed by atoms with Crippen LogP contribution in [0, 0.1) is 24.4 Å². The summed E-state index contributed by atoms with van der Waals surface area (Å²) in [4.78, 5) is 5.18. The SMILES string of the molecule is CNC(C)c1sc(-c2ccc(F)c(F)c2F)nc1C. The van der Waals surface area contributed by atoms with Gasteiger partial charge in [-0.15, -0.1) is 11.3 Å². The van der Waals surface area contributed by atoms with Gasteiger partial charge in [-0.2, -0.15) is 0 Å². The summed E-state index contributed by atoms with van der Waals surface area (Å²) in [6.07, 6.45) is 0. The van der Waals surface area contributed by atoms with Gasteiger partial charge in [-0.25, -0.2) is 18.2 Å². The van der Waals surface area contributed by atoms with Gasteiger partial charge >= 0.3 is 0 Å². The molecule has 19 heavy (non-hydrogen) atoms. The molecular weight excluding hydrogens is 273 g/mol. The van der Waals surface area contributed by atoms with Crippen LogP contribution in [0.25, 0.3) is 10.6 Å². The lowest BCUT2D eigenvalue weighted by Crippen LogP contribution is -2.11. The van der Waals surface area contributed by atoms with Crippen LogP contribution in [-0.4, -0.2) is 12.0 Å². The third-order valence-corrected chi connectivity index (χ3v) is 4.30. The third-order valence-electron chi connectivity index (χ3n) is 2.92. The van der Waals surface area contributed by atoms with Gasteiger partial charge in [0.15, 0.2) is 17.5 Å². The van der Waals surface area contributed by atoms with Crippen LogP contribution in [0.4, 0.5) is 13.2 Å². The first-order valence-electron chi connectivity index (χ1n) is 5.74. The van der Waals surface area contributed by atoms with E-state index in [9.17, 15) is 13.2 Å². The maximum absolute atomic E-state index is 13.7. The summed E-state index contributed by atoms with van der Waals surface area (Å²) in [6, 6.07) is 2.19. The summed E-state index contributed by atoms with van der Waals surface area (Å²) in [6.45, 7) is 3.76. The van der Waals surface area contributed by atoms with Crippen LogP contribution in [-0.2, 0) is 0 Å². The van der Waals surface area contributed by atoms with Gasteiger partial charge < -0.3 is 5.32 Å². The fourth-order valence-electron chi connectivity index (χ4n) is 1.75. The molecule has 0 spiro atoms. The number of aryl methyl sites for hydroxylation is 1. The minimum Gasteiger partial charge on any atom is -0.312 e. The Balaban J connectivity index is 2.52. The summed E-state index contributed by atoms with van der Waals surface area (Å²) in [5.41, 5.74) is 0.743. The molecule has 102 valence electrons. The van der Waals surface area contributed by atoms with Gasteiger partial charge in [0.1, 0.15) is 5.01 Å². The number of hydrogen-bond donors (Lipinski definition) is 1. The van der Waals surface area contributed by atoms with E-state index in [0.717, 1.165) is 16.6 Å². The Hall–Kier alpha value is -1.40. The Morgan fingerprint density at radius 2 is 1.89 bits per heavy atom. The molecule has 2 aromatic rings. The van der Waals surface area contributed by atoms with E-state index in [1.54, 1.807) is 6.92 Å². The van der Waals surface area contributed by atoms with E-state index in [-0.39, 0.29) is 11.6 Å². The highest BCUT2D eigenvalue weighted by Gasteiger charge is 2.19. The molecule has 0 saturated heterocycles. The van der Waals surface area contributed by atoms with Crippen molar-refractivity contribution < 1.29 is 13.2 Å². The Labute approximate surface area is 113 Å². The topological polar surface area (TPSA) is 24.9 Å². The molecule has 0 aliphatic rings. The zero-order chi connectivity index (χ0) is 14.2. The molecule has 0 radical (unpaired) electrons. The predicted octanol–water partition coefficient (Wildman–Crippen LogP) is 3.82. The molecule has 0 saturated carbocycles. The highest BCUT2D eigenvalue weighted by atomic mass is 32.1. The Kier molecular flexibility index (Phi) is 3.91. The number of nitrogens with zero attached hydrogens (tertiary/aromatic N) is 1. The van der Waals surface area contributed by atoms with Crippen LogP contribution < -0.4 is 5.32 Å². The molecule has 0 fully saturated rings. The Morgan fingerprint density at radius 3 is 2.53 bits per heavy atom. The second-order valence-electron chi connectivity index (χ2n) is 4.20. The van der Waals surface area contributed by atoms with Gasteiger partial charge in [0.05, 0.1) is 5.69 Å². The normalized spacial score (nSPS) is 12.7. The maximum Gasteiger partial charge on any atom is 0.195 e. The first kappa shape index (κ1) is 14.0. The monoisotopic (exact) mass is 286 g/mol. The van der Waals surface area contributed by atoms with E-state index in [1.165, 1.54) is 17.4 Å². The number of halogens is 3. The molecule has 0 aliphatic heterocycles. The zero-order valence-corrected chi connectivity index (χ0v) is 11.5. The number of hydrogen-bond acceptors (Lipinski definition) is 3. The van der Waals surface area contributed by atoms with Crippen molar-refractivity contribution in [3.63, 3.8) is 0 Å². The lowest BCUT2D eigenvalue weighted by atomic mass is 10.2. The average Bonchev–Trinajstić information content (AvgIpc) is 2.77. The van der Waals surface area contributed by atoms with Gasteiger partial charge in [0, 0.05) is 16.5 Å². The first-order valence-corrected chi connectivity index (χ1v) is 6.55. The van der Waals surface area contributed by atoms with Crippen LogP contribution in [0.1, 0.15) is 23.5 Å². The molecule has 1 aromatic carbocycles. The molecule has 6 heteroatoms. The minimum atomic E-state index is -1.46. The standard InChI is InChI=1S/C13H13F3N2S/c1-6(17-3)12-7(2)18-13(19-12)8-4-5-9(14)11(16)10(8)15/h4-6,17H,1-3H3. The summed E-state index contributed by atoms with van der Waals surface area (Å²) in [7, 11) is 1.81. The van der Waals surface area contributed by atoms with Crippen molar-refractivity contribution in [1.29, 1.82) is 0 Å². The van der Waals surface area contributed by atoms with Gasteiger partial charge in [-0.3, -0.25) is 0 Å². The summed E-state index contributed by atoms with van der Waals surface area (Å²) >= 11 is 1.27. The quantitative estimate of drug-likeness (QED) is 0.868. The van der Waals surface area contributed by atoms with Crippen LogP contribution in [0.2, 0.25) is 0 Å². The second kappa shape index (κ2) is 5.30. The smallest absolute Gasteiger partial charge is 0.195 e. The number of thiazole rings is 1. The molecule has 2 nitrogen and oxygen atoms in total. The minimum absolute atomic E-state index is 0.0125. The molecule has 1 atom stereocenters. The van der Waals surface area contributed by atoms with Crippen molar-refractivity contribution >= 4 is 11.3 Å². The van der Waals surface area contributed by atoms with Gasteiger partial charge in [-0.05, 0) is 33.0 Å². The molecule has 1 unspecified atom stereocenters. The maximum atomic E-state index is 13.7. The lowest BCUT2D eigenvalue weighted by molar-refractivity contribution is 0.449. The summed E-state index contributed by atoms with van der Waals surface area (Å²) in [5.74, 6) is -3.86. The number of aromatic nitrogens is 1. The van der Waals surface area contributed by atoms with Crippen LogP contribution in [0.15, 0.2) is 12.1 Å². The predicted molar refractivity (Wildman–Crippen MR) is 69.6 cm³/mol. The Morgan fingerprint density at radius 1 is 1.21 bits per heavy atom. The average molecular weight is 286 g/mol. The van der Waals surface area contributed by atoms with E-state index in [0.29, 0.717) is 5.01 Å². The molecule has 0 aliphatic carbocycles. The van der Waals surface area contributed by atoms with Gasteiger partial charge in [0.2, 0.25) is 0 Å². The van der Waals surface area contributed by atoms with Crippen LogP contribution >= 0.6 is 11.3 Å². The lowest BCUT2D eigenvalue weighted by Gasteiger charge is -2.07. The highest BCUT2D eigenvalue weighted by molar-refractivity contribution is 7.15. The molecule has 1 heterocycles. The van der Waals surface area contributed by atoms with Gasteiger partial charge in [-0.1, -0.05) is 0 Å². The molecular formula is C13H13F3N2S. The summed E-state index contributed by atoms with van der Waals surface area (Å²) < 4.78 is 39.8. The fourth-order valence-corrected chi connectivity index (χ4v) is 2.89. The van der Waals surface area contributed by atoms with Crippen molar-refractivity contribution in [1.82, 2.24) is 10.3 Å². The van der Waals surface area contributed by atoms with Crippen molar-refractivity contribution in [2.75, 3.05) is 7.05 Å². The third kappa shape index (κ3) is 2.50. The fraction of sp³-hybridized carbons (Fsp3) is 0.308. The molecule has 2 rings (SSSR count). The van der Waals surface area contributed by atoms with Crippen LogP contribution in [0.3, 0.4) is 0 Å². The number of benzene rings is 1. The highest BCUT2D eigenvalue weighted by Crippen LogP contribution is 2.33. The van der Waals surface area contributed by atoms with Crippen molar-refractivity contribution in [3.05, 3.63) is 40.2 Å². The van der Waals surface area contributed by atoms with Crippen molar-refractivity contribution in [2.24, 2.45) is 0 Å². The van der Waals surface area contributed by atoms with E-state index in [1.807, 2.05) is 14.0 Å². The van der Waals surface area contributed by atoms with E-state index in [2.05, 4.69) is 10.3 Å². The molecule has 0 amide bonds. The summed E-state index contributed by atoms with van der Waals surface area (Å²) in [5, 5.41) is 3.42. The Bertz CT molecular complexity index is 610. The van der Waals surface area contributed by atoms with Gasteiger partial charge in [0.25, 0.3) is 0 Å². The number of rotatable bonds is 3. The first-order chi connectivity index (χ1) is 8.95. The van der Waals surface area contributed by atoms with Crippen molar-refractivity contribution in [2.45, 2.75) is 19.9 Å². The van der Waals surface area contributed by atoms with Crippen LogP contribution in [0.5, 0.6) is 0 Å². The van der Waals surface area contributed by atoms with E-state index in [4.69, 9.17) is 0 Å². The van der Waals surface area contributed by atoms with E-state index < -0.39 is 17.5 Å². The largest absolute Gasteiger partial charge is 0.312 e. The molecule has 0 bridgehead atoms.